The first-order valence-corrected chi connectivity index (χ1v) is 6.57. The maximum Gasteiger partial charge on any atom is 0.225 e. The number of benzene rings is 1. The summed E-state index contributed by atoms with van der Waals surface area (Å²) in [7, 11) is 0. The second kappa shape index (κ2) is 7.02. The molecule has 0 aliphatic carbocycles. The van der Waals surface area contributed by atoms with E-state index in [1.165, 1.54) is 0 Å². The van der Waals surface area contributed by atoms with Crippen LogP contribution in [0.1, 0.15) is 27.7 Å². The lowest BCUT2D eigenvalue weighted by molar-refractivity contribution is -0.128. The third kappa shape index (κ3) is 5.64. The fourth-order valence-electron chi connectivity index (χ4n) is 1.40. The van der Waals surface area contributed by atoms with Gasteiger partial charge < -0.3 is 14.8 Å². The number of carbonyl (C=O) groups excluding carboxylic acids is 1. The topological polar surface area (TPSA) is 47.6 Å². The second-order valence-electron chi connectivity index (χ2n) is 5.26. The summed E-state index contributed by atoms with van der Waals surface area (Å²) in [4.78, 5) is 11.6. The van der Waals surface area contributed by atoms with E-state index in [1.54, 1.807) is 0 Å². The van der Waals surface area contributed by atoms with Crippen LogP contribution in [0.15, 0.2) is 24.3 Å². The van der Waals surface area contributed by atoms with Gasteiger partial charge in [-0.2, -0.15) is 0 Å². The Hall–Kier alpha value is -1.71. The zero-order valence-corrected chi connectivity index (χ0v) is 12.2. The van der Waals surface area contributed by atoms with E-state index in [0.29, 0.717) is 19.8 Å². The van der Waals surface area contributed by atoms with E-state index in [9.17, 15) is 4.79 Å². The molecule has 0 aliphatic heterocycles. The standard InChI is InChI=1S/C15H23NO3/c1-5-18-12-6-8-13(9-7-12)19-11-10-16-14(17)15(2,3)4/h6-9H,5,10-11H2,1-4H3,(H,16,17). The lowest BCUT2D eigenvalue weighted by Gasteiger charge is -2.17. The molecule has 0 radical (unpaired) electrons. The molecule has 4 nitrogen and oxygen atoms in total. The van der Waals surface area contributed by atoms with E-state index in [1.807, 2.05) is 52.0 Å². The van der Waals surface area contributed by atoms with Gasteiger partial charge >= 0.3 is 0 Å². The number of carbonyl (C=O) groups is 1. The molecular formula is C15H23NO3. The molecule has 0 saturated heterocycles. The summed E-state index contributed by atoms with van der Waals surface area (Å²) in [6, 6.07) is 7.45. The molecule has 0 fully saturated rings. The van der Waals surface area contributed by atoms with E-state index in [0.717, 1.165) is 11.5 Å². The molecule has 0 unspecified atom stereocenters. The molecule has 0 aliphatic rings. The Morgan fingerprint density at radius 1 is 1.11 bits per heavy atom. The molecule has 1 aromatic rings. The highest BCUT2D eigenvalue weighted by Crippen LogP contribution is 2.17. The maximum atomic E-state index is 11.6. The van der Waals surface area contributed by atoms with Crippen molar-refractivity contribution in [3.8, 4) is 11.5 Å². The fraction of sp³-hybridized carbons (Fsp3) is 0.533. The van der Waals surface area contributed by atoms with Crippen LogP contribution >= 0.6 is 0 Å². The van der Waals surface area contributed by atoms with Crippen molar-refractivity contribution < 1.29 is 14.3 Å². The summed E-state index contributed by atoms with van der Waals surface area (Å²) in [6.07, 6.45) is 0. The Balaban J connectivity index is 2.28. The zero-order valence-electron chi connectivity index (χ0n) is 12.2. The third-order valence-electron chi connectivity index (χ3n) is 2.47. The lowest BCUT2D eigenvalue weighted by atomic mass is 9.96. The molecule has 106 valence electrons. The molecule has 0 heterocycles. The highest BCUT2D eigenvalue weighted by atomic mass is 16.5. The van der Waals surface area contributed by atoms with Gasteiger partial charge in [-0.3, -0.25) is 4.79 Å². The number of hydrogen-bond donors (Lipinski definition) is 1. The first kappa shape index (κ1) is 15.3. The van der Waals surface area contributed by atoms with E-state index in [-0.39, 0.29) is 11.3 Å². The summed E-state index contributed by atoms with van der Waals surface area (Å²) in [5, 5.41) is 2.84. The van der Waals surface area contributed by atoms with Crippen molar-refractivity contribution in [2.24, 2.45) is 5.41 Å². The van der Waals surface area contributed by atoms with Crippen LogP contribution in [0.3, 0.4) is 0 Å². The largest absolute Gasteiger partial charge is 0.494 e. The van der Waals surface area contributed by atoms with E-state index >= 15 is 0 Å². The van der Waals surface area contributed by atoms with Crippen molar-refractivity contribution in [3.63, 3.8) is 0 Å². The molecule has 0 bridgehead atoms. The first-order chi connectivity index (χ1) is 8.93. The van der Waals surface area contributed by atoms with Gasteiger partial charge in [0, 0.05) is 5.41 Å². The minimum Gasteiger partial charge on any atom is -0.494 e. The van der Waals surface area contributed by atoms with E-state index in [2.05, 4.69) is 5.32 Å². The van der Waals surface area contributed by atoms with Gasteiger partial charge in [0.25, 0.3) is 0 Å². The van der Waals surface area contributed by atoms with Crippen LogP contribution in [-0.4, -0.2) is 25.7 Å². The number of nitrogens with one attached hydrogen (secondary N) is 1. The molecular weight excluding hydrogens is 242 g/mol. The molecule has 0 saturated carbocycles. The summed E-state index contributed by atoms with van der Waals surface area (Å²) in [5.74, 6) is 1.63. The average Bonchev–Trinajstić information content (AvgIpc) is 2.35. The van der Waals surface area contributed by atoms with Crippen LogP contribution in [0.5, 0.6) is 11.5 Å². The smallest absolute Gasteiger partial charge is 0.225 e. The number of hydrogen-bond acceptors (Lipinski definition) is 3. The third-order valence-corrected chi connectivity index (χ3v) is 2.47. The van der Waals surface area contributed by atoms with Crippen LogP contribution in [0.4, 0.5) is 0 Å². The van der Waals surface area contributed by atoms with Crippen molar-refractivity contribution in [1.29, 1.82) is 0 Å². The highest BCUT2D eigenvalue weighted by molar-refractivity contribution is 5.81. The number of ether oxygens (including phenoxy) is 2. The molecule has 0 aromatic heterocycles. The second-order valence-corrected chi connectivity index (χ2v) is 5.26. The summed E-state index contributed by atoms with van der Waals surface area (Å²) >= 11 is 0. The van der Waals surface area contributed by atoms with Crippen molar-refractivity contribution in [3.05, 3.63) is 24.3 Å². The molecule has 19 heavy (non-hydrogen) atoms. The quantitative estimate of drug-likeness (QED) is 0.804. The Morgan fingerprint density at radius 3 is 2.11 bits per heavy atom. The van der Waals surface area contributed by atoms with Crippen molar-refractivity contribution >= 4 is 5.91 Å². The molecule has 0 spiro atoms. The van der Waals surface area contributed by atoms with Gasteiger partial charge in [0.2, 0.25) is 5.91 Å². The molecule has 1 rings (SSSR count). The predicted octanol–water partition coefficient (Wildman–Crippen LogP) is 2.63. The van der Waals surface area contributed by atoms with Gasteiger partial charge in [0.05, 0.1) is 13.2 Å². The fourth-order valence-corrected chi connectivity index (χ4v) is 1.40. The van der Waals surface area contributed by atoms with Crippen LogP contribution in [0.25, 0.3) is 0 Å². The van der Waals surface area contributed by atoms with E-state index in [4.69, 9.17) is 9.47 Å². The normalized spacial score (nSPS) is 10.9. The molecule has 0 atom stereocenters. The van der Waals surface area contributed by atoms with Gasteiger partial charge in [-0.05, 0) is 31.2 Å². The zero-order chi connectivity index (χ0) is 14.3. The molecule has 1 aromatic carbocycles. The summed E-state index contributed by atoms with van der Waals surface area (Å²) in [5.41, 5.74) is -0.362. The van der Waals surface area contributed by atoms with Crippen molar-refractivity contribution in [2.75, 3.05) is 19.8 Å². The number of rotatable bonds is 6. The van der Waals surface area contributed by atoms with Crippen LogP contribution in [0, 0.1) is 5.41 Å². The van der Waals surface area contributed by atoms with Gasteiger partial charge in [0.1, 0.15) is 18.1 Å². The van der Waals surface area contributed by atoms with E-state index < -0.39 is 0 Å². The van der Waals surface area contributed by atoms with Crippen LogP contribution in [-0.2, 0) is 4.79 Å². The van der Waals surface area contributed by atoms with Crippen molar-refractivity contribution in [1.82, 2.24) is 5.32 Å². The Labute approximate surface area is 115 Å². The molecule has 1 N–H and O–H groups in total. The molecule has 4 heteroatoms. The van der Waals surface area contributed by atoms with Gasteiger partial charge in [-0.1, -0.05) is 20.8 Å². The van der Waals surface area contributed by atoms with Gasteiger partial charge in [-0.15, -0.1) is 0 Å². The SMILES string of the molecule is CCOc1ccc(OCCNC(=O)C(C)(C)C)cc1. The Morgan fingerprint density at radius 2 is 1.63 bits per heavy atom. The Kier molecular flexibility index (Phi) is 5.67. The first-order valence-electron chi connectivity index (χ1n) is 6.57. The predicted molar refractivity (Wildman–Crippen MR) is 75.6 cm³/mol. The molecule has 1 amide bonds. The summed E-state index contributed by atoms with van der Waals surface area (Å²) in [6.45, 7) is 9.21. The van der Waals surface area contributed by atoms with Crippen LogP contribution in [0.2, 0.25) is 0 Å². The lowest BCUT2D eigenvalue weighted by Crippen LogP contribution is -2.37. The van der Waals surface area contributed by atoms with Gasteiger partial charge in [0.15, 0.2) is 0 Å². The van der Waals surface area contributed by atoms with Crippen molar-refractivity contribution in [2.45, 2.75) is 27.7 Å². The van der Waals surface area contributed by atoms with Crippen LogP contribution < -0.4 is 14.8 Å². The monoisotopic (exact) mass is 265 g/mol. The minimum atomic E-state index is -0.362. The maximum absolute atomic E-state index is 11.6. The average molecular weight is 265 g/mol. The van der Waals surface area contributed by atoms with Gasteiger partial charge in [-0.25, -0.2) is 0 Å². The Bertz CT molecular complexity index is 393. The number of amides is 1. The minimum absolute atomic E-state index is 0.0304. The highest BCUT2D eigenvalue weighted by Gasteiger charge is 2.20. The summed E-state index contributed by atoms with van der Waals surface area (Å²) < 4.78 is 10.9.